The molecule has 6 N–H and O–H groups in total. The lowest BCUT2D eigenvalue weighted by Crippen LogP contribution is -2.61. The Labute approximate surface area is 299 Å². The Bertz CT molecular complexity index is 1110. The predicted molar refractivity (Wildman–Crippen MR) is 197 cm³/mol. The molecule has 1 saturated heterocycles. The van der Waals surface area contributed by atoms with E-state index in [1.165, 1.54) is 11.0 Å². The van der Waals surface area contributed by atoms with Crippen LogP contribution in [0.15, 0.2) is 12.7 Å². The number of rotatable bonds is 20. The second-order valence-corrected chi connectivity index (χ2v) is 16.3. The Balaban J connectivity index is 3.29. The van der Waals surface area contributed by atoms with Gasteiger partial charge in [-0.1, -0.05) is 81.2 Å². The molecule has 1 fully saturated rings. The predicted octanol–water partition coefficient (Wildman–Crippen LogP) is 3.57. The van der Waals surface area contributed by atoms with Crippen LogP contribution in [-0.2, 0) is 19.2 Å². The number of ketones is 1. The number of Topliss-reactive ketones (excluding diaryl/α,β-unsaturated/α-hetero) is 1. The highest BCUT2D eigenvalue weighted by Gasteiger charge is 2.46. The van der Waals surface area contributed by atoms with Gasteiger partial charge in [-0.25, -0.2) is 9.10 Å². The van der Waals surface area contributed by atoms with Crippen LogP contribution >= 0.6 is 12.2 Å². The van der Waals surface area contributed by atoms with E-state index in [9.17, 15) is 28.5 Å². The van der Waals surface area contributed by atoms with Crippen molar-refractivity contribution in [2.75, 3.05) is 39.8 Å². The summed E-state index contributed by atoms with van der Waals surface area (Å²) in [6.45, 7) is 23.4. The average Bonchev–Trinajstić information content (AvgIpc) is 3.48. The molecule has 0 spiro atoms. The first-order chi connectivity index (χ1) is 22.8. The molecule has 0 aromatic carbocycles. The number of nitrogens with one attached hydrogen (secondary N) is 5. The quantitative estimate of drug-likeness (QED) is 0.0363. The summed E-state index contributed by atoms with van der Waals surface area (Å²) in [6.07, 6.45) is 4.35. The van der Waals surface area contributed by atoms with Crippen molar-refractivity contribution in [3.63, 3.8) is 0 Å². The molecule has 0 aliphatic carbocycles. The molecule has 1 aliphatic heterocycles. The highest BCUT2D eigenvalue weighted by atomic mass is 32.2. The van der Waals surface area contributed by atoms with Crippen molar-refractivity contribution < 1.29 is 28.5 Å². The van der Waals surface area contributed by atoms with Crippen molar-refractivity contribution >= 4 is 41.8 Å². The summed E-state index contributed by atoms with van der Waals surface area (Å²) in [6, 6.07) is -3.77. The third kappa shape index (κ3) is 14.6. The largest absolute Gasteiger partial charge is 0.346 e. The first-order valence-corrected chi connectivity index (χ1v) is 18.4. The van der Waals surface area contributed by atoms with Gasteiger partial charge in [0, 0.05) is 32.2 Å². The Morgan fingerprint density at radius 3 is 2.18 bits per heavy atom. The Morgan fingerprint density at radius 1 is 1.02 bits per heavy atom. The number of urea groups is 1. The van der Waals surface area contributed by atoms with Crippen LogP contribution in [0.2, 0.25) is 0 Å². The normalized spacial score (nSPS) is 18.5. The van der Waals surface area contributed by atoms with Gasteiger partial charge < -0.3 is 36.0 Å². The maximum atomic E-state index is 14.4. The number of amides is 5. The first-order valence-electron chi connectivity index (χ1n) is 17.6. The van der Waals surface area contributed by atoms with Crippen molar-refractivity contribution in [2.45, 2.75) is 119 Å². The molecular formula is C35H65N7O6S. The van der Waals surface area contributed by atoms with Gasteiger partial charge >= 0.3 is 6.03 Å². The monoisotopic (exact) mass is 711 g/mol. The molecule has 5 amide bonds. The van der Waals surface area contributed by atoms with Crippen molar-refractivity contribution in [1.29, 1.82) is 0 Å². The molecule has 0 bridgehead atoms. The molecule has 282 valence electrons. The molecule has 1 heterocycles. The van der Waals surface area contributed by atoms with Crippen molar-refractivity contribution in [3.8, 4) is 0 Å². The van der Waals surface area contributed by atoms with Crippen LogP contribution in [0.1, 0.15) is 94.4 Å². The van der Waals surface area contributed by atoms with Crippen LogP contribution in [0.5, 0.6) is 0 Å². The van der Waals surface area contributed by atoms with Gasteiger partial charge in [-0.15, -0.1) is 6.58 Å². The molecule has 0 radical (unpaired) electrons. The topological polar surface area (TPSA) is 172 Å². The molecule has 0 saturated carbocycles. The van der Waals surface area contributed by atoms with E-state index in [2.05, 4.69) is 33.2 Å². The van der Waals surface area contributed by atoms with Crippen LogP contribution in [-0.4, -0.2) is 107 Å². The van der Waals surface area contributed by atoms with E-state index < -0.39 is 53.1 Å². The summed E-state index contributed by atoms with van der Waals surface area (Å²) in [5.74, 6) is -2.22. The van der Waals surface area contributed by atoms with Gasteiger partial charge in [0.2, 0.25) is 17.6 Å². The molecule has 0 aromatic heterocycles. The molecule has 1 rings (SSSR count). The Hall–Kier alpha value is -2.68. The maximum absolute atomic E-state index is 14.4. The van der Waals surface area contributed by atoms with Crippen LogP contribution in [0.3, 0.4) is 0 Å². The fraction of sp³-hybridized carbons (Fsp3) is 0.800. The Morgan fingerprint density at radius 2 is 1.67 bits per heavy atom. The van der Waals surface area contributed by atoms with Gasteiger partial charge in [-0.2, -0.15) is 0 Å². The van der Waals surface area contributed by atoms with Crippen LogP contribution < -0.4 is 26.6 Å². The van der Waals surface area contributed by atoms with E-state index in [1.54, 1.807) is 4.31 Å². The zero-order valence-electron chi connectivity index (χ0n) is 31.6. The SMILES string of the molecule is C=CCNC(=O)C(=O)C(CCCC)NC(=O)[C@@H]1C[C@@H](C(C)C)CN1C(=O)[C@@H](NC(=O)N[C@H](CN(CCCNC)SO)C(C)(C)C)C(C)(C)C. The standard InChI is InChI=1S/C35H65N7O6S/c1-12-14-16-25(28(43)31(45)37-17-13-2)38-30(44)26-20-24(23(3)4)21-42(26)32(46)29(35(8,9)10)40-33(47)39-27(34(5,6)7)22-41(49-48)19-15-18-36-11/h13,23-27,29,36,48H,2,12,14-22H2,1,3-11H3,(H,37,45)(H,38,44)(H2,39,40,47)/t24-,25?,26+,27-,29-/m1/s1. The first kappa shape index (κ1) is 44.3. The van der Waals surface area contributed by atoms with Gasteiger partial charge in [0.15, 0.2) is 0 Å². The maximum Gasteiger partial charge on any atom is 0.315 e. The van der Waals surface area contributed by atoms with Crippen molar-refractivity contribution in [3.05, 3.63) is 12.7 Å². The van der Waals surface area contributed by atoms with E-state index in [-0.39, 0.29) is 29.8 Å². The zero-order valence-corrected chi connectivity index (χ0v) is 32.4. The second kappa shape index (κ2) is 20.9. The minimum absolute atomic E-state index is 0.0185. The van der Waals surface area contributed by atoms with Crippen LogP contribution in [0.4, 0.5) is 4.79 Å². The number of carbonyl (C=O) groups excluding carboxylic acids is 5. The fourth-order valence-electron chi connectivity index (χ4n) is 5.68. The third-order valence-electron chi connectivity index (χ3n) is 9.05. The molecule has 1 unspecified atom stereocenters. The third-order valence-corrected chi connectivity index (χ3v) is 9.61. The van der Waals surface area contributed by atoms with E-state index in [0.29, 0.717) is 51.1 Å². The number of nitrogens with zero attached hydrogens (tertiary/aromatic N) is 2. The van der Waals surface area contributed by atoms with Crippen molar-refractivity contribution in [2.24, 2.45) is 22.7 Å². The highest BCUT2D eigenvalue weighted by molar-refractivity contribution is 7.91. The summed E-state index contributed by atoms with van der Waals surface area (Å²) in [5, 5.41) is 14.3. The van der Waals surface area contributed by atoms with Gasteiger partial charge in [-0.05, 0) is 55.5 Å². The van der Waals surface area contributed by atoms with Crippen LogP contribution in [0, 0.1) is 22.7 Å². The van der Waals surface area contributed by atoms with Crippen LogP contribution in [0.25, 0.3) is 0 Å². The number of hydrogen-bond donors (Lipinski definition) is 6. The summed E-state index contributed by atoms with van der Waals surface area (Å²) < 4.78 is 11.7. The zero-order chi connectivity index (χ0) is 37.5. The van der Waals surface area contributed by atoms with E-state index in [0.717, 1.165) is 19.4 Å². The van der Waals surface area contributed by atoms with E-state index in [1.807, 2.05) is 69.4 Å². The number of hydrogen-bond acceptors (Lipinski definition) is 9. The molecule has 49 heavy (non-hydrogen) atoms. The molecule has 14 heteroatoms. The van der Waals surface area contributed by atoms with E-state index >= 15 is 0 Å². The molecular weight excluding hydrogens is 646 g/mol. The minimum atomic E-state index is -1.03. The second-order valence-electron chi connectivity index (χ2n) is 15.6. The van der Waals surface area contributed by atoms with Gasteiger partial charge in [-0.3, -0.25) is 19.2 Å². The van der Waals surface area contributed by atoms with E-state index in [4.69, 9.17) is 0 Å². The van der Waals surface area contributed by atoms with Gasteiger partial charge in [0.05, 0.1) is 18.3 Å². The number of unbranched alkanes of at least 4 members (excludes halogenated alkanes) is 1. The summed E-state index contributed by atoms with van der Waals surface area (Å²) in [5.41, 5.74) is -1.09. The minimum Gasteiger partial charge on any atom is -0.346 e. The summed E-state index contributed by atoms with van der Waals surface area (Å²) in [4.78, 5) is 69.0. The fourth-order valence-corrected chi connectivity index (χ4v) is 6.11. The average molecular weight is 712 g/mol. The lowest BCUT2D eigenvalue weighted by atomic mass is 9.85. The lowest BCUT2D eigenvalue weighted by molar-refractivity contribution is -0.143. The lowest BCUT2D eigenvalue weighted by Gasteiger charge is -2.38. The molecule has 13 nitrogen and oxygen atoms in total. The summed E-state index contributed by atoms with van der Waals surface area (Å²) >= 11 is 0.640. The summed E-state index contributed by atoms with van der Waals surface area (Å²) in [7, 11) is 1.87. The highest BCUT2D eigenvalue weighted by Crippen LogP contribution is 2.32. The molecule has 0 aromatic rings. The van der Waals surface area contributed by atoms with Gasteiger partial charge in [0.25, 0.3) is 5.91 Å². The van der Waals surface area contributed by atoms with Gasteiger partial charge in [0.1, 0.15) is 12.1 Å². The number of likely N-dealkylation sites (tertiary alicyclic amines) is 1. The molecule has 5 atom stereocenters. The molecule has 1 aliphatic rings. The smallest absolute Gasteiger partial charge is 0.315 e. The Kier molecular flexibility index (Phi) is 18.9. The number of carbonyl (C=O) groups is 5. The van der Waals surface area contributed by atoms with Crippen molar-refractivity contribution in [1.82, 2.24) is 35.8 Å².